The maximum absolute atomic E-state index is 12.9. The van der Waals surface area contributed by atoms with Crippen LogP contribution in [0.25, 0.3) is 0 Å². The van der Waals surface area contributed by atoms with Crippen LogP contribution in [-0.4, -0.2) is 8.80 Å². The molecule has 0 nitrogen and oxygen atoms in total. The highest BCUT2D eigenvalue weighted by molar-refractivity contribution is 6.70. The highest BCUT2D eigenvalue weighted by Gasteiger charge is 2.15. The van der Waals surface area contributed by atoms with Gasteiger partial charge in [-0.3, -0.25) is 4.70 Å². The number of rotatable bonds is 1. The van der Waals surface area contributed by atoms with Gasteiger partial charge in [-0.25, -0.2) is 13.2 Å². The van der Waals surface area contributed by atoms with Gasteiger partial charge in [-0.1, -0.05) is 19.2 Å². The Kier molecular flexibility index (Phi) is 4.12. The zero-order valence-corrected chi connectivity index (χ0v) is 8.43. The Labute approximate surface area is 75.4 Å². The van der Waals surface area contributed by atoms with Crippen LogP contribution >= 0.6 is 0 Å². The predicted molar refractivity (Wildman–Crippen MR) is 47.3 cm³/mol. The van der Waals surface area contributed by atoms with E-state index in [1.54, 1.807) is 0 Å². The van der Waals surface area contributed by atoms with Crippen LogP contribution in [0.1, 0.15) is 0 Å². The molecule has 0 unspecified atom stereocenters. The molecule has 0 radical (unpaired) electrons. The predicted octanol–water partition coefficient (Wildman–Crippen LogP) is 1.95. The molecule has 0 fully saturated rings. The summed E-state index contributed by atoms with van der Waals surface area (Å²) in [5.41, 5.74) is 0. The maximum atomic E-state index is 12.9. The standard InChI is InChI=1S/C8H9F3Si.FH/c1-12(2)6-4-3-5(9)7(10)8(6)11;/h3-4,12H,1-2H3;1H. The second-order valence-corrected chi connectivity index (χ2v) is 5.85. The van der Waals surface area contributed by atoms with Gasteiger partial charge in [-0.15, -0.1) is 0 Å². The third kappa shape index (κ3) is 2.30. The third-order valence-electron chi connectivity index (χ3n) is 1.69. The van der Waals surface area contributed by atoms with E-state index in [1.807, 2.05) is 13.1 Å². The van der Waals surface area contributed by atoms with Crippen molar-refractivity contribution in [2.75, 3.05) is 0 Å². The minimum atomic E-state index is -1.40. The first-order valence-corrected chi connectivity index (χ1v) is 6.56. The molecule has 0 heterocycles. The SMILES string of the molecule is C[SiH](C)c1ccc(F)c(F)c1F.F. The third-order valence-corrected chi connectivity index (χ3v) is 3.38. The van der Waals surface area contributed by atoms with Gasteiger partial charge in [0, 0.05) is 0 Å². The van der Waals surface area contributed by atoms with Crippen molar-refractivity contribution in [1.82, 2.24) is 0 Å². The van der Waals surface area contributed by atoms with Gasteiger partial charge >= 0.3 is 0 Å². The monoisotopic (exact) mass is 210 g/mol. The minimum absolute atomic E-state index is 0. The summed E-state index contributed by atoms with van der Waals surface area (Å²) in [5, 5.41) is 0.342. The van der Waals surface area contributed by atoms with E-state index >= 15 is 0 Å². The van der Waals surface area contributed by atoms with Crippen LogP contribution in [0, 0.1) is 17.5 Å². The van der Waals surface area contributed by atoms with Crippen molar-refractivity contribution in [2.24, 2.45) is 0 Å². The summed E-state index contributed by atoms with van der Waals surface area (Å²) < 4.78 is 38.0. The molecule has 0 aromatic heterocycles. The van der Waals surface area contributed by atoms with E-state index in [0.29, 0.717) is 5.19 Å². The number of hydrogen-bond donors (Lipinski definition) is 0. The smallest absolute Gasteiger partial charge is 0.194 e. The van der Waals surface area contributed by atoms with Crippen molar-refractivity contribution in [3.05, 3.63) is 29.6 Å². The lowest BCUT2D eigenvalue weighted by atomic mass is 10.3. The van der Waals surface area contributed by atoms with Gasteiger partial charge in [-0.05, 0) is 11.3 Å². The molecule has 0 amide bonds. The van der Waals surface area contributed by atoms with Gasteiger partial charge in [-0.2, -0.15) is 0 Å². The molecule has 13 heavy (non-hydrogen) atoms. The summed E-state index contributed by atoms with van der Waals surface area (Å²) in [4.78, 5) is 0. The summed E-state index contributed by atoms with van der Waals surface area (Å²) >= 11 is 0. The molecule has 0 aliphatic rings. The van der Waals surface area contributed by atoms with Gasteiger partial charge in [0.05, 0.1) is 8.80 Å². The molecule has 0 bridgehead atoms. The van der Waals surface area contributed by atoms with Crippen LogP contribution < -0.4 is 5.19 Å². The van der Waals surface area contributed by atoms with Gasteiger partial charge < -0.3 is 0 Å². The van der Waals surface area contributed by atoms with Crippen LogP contribution in [0.3, 0.4) is 0 Å². The van der Waals surface area contributed by atoms with E-state index in [0.717, 1.165) is 6.07 Å². The topological polar surface area (TPSA) is 0 Å². The van der Waals surface area contributed by atoms with Crippen LogP contribution in [0.4, 0.5) is 17.9 Å². The van der Waals surface area contributed by atoms with Crippen molar-refractivity contribution >= 4 is 14.0 Å². The Balaban J connectivity index is 0.00000144. The average molecular weight is 210 g/mol. The van der Waals surface area contributed by atoms with E-state index in [1.165, 1.54) is 6.07 Å². The second-order valence-electron chi connectivity index (χ2n) is 2.92. The minimum Gasteiger partial charge on any atom is -0.269 e. The van der Waals surface area contributed by atoms with Crippen molar-refractivity contribution < 1.29 is 17.9 Å². The fourth-order valence-corrected chi connectivity index (χ4v) is 2.10. The van der Waals surface area contributed by atoms with E-state index in [9.17, 15) is 13.2 Å². The normalized spacial score (nSPS) is 10.0. The van der Waals surface area contributed by atoms with Crippen molar-refractivity contribution in [3.8, 4) is 0 Å². The fourth-order valence-electron chi connectivity index (χ4n) is 0.987. The molecule has 1 aromatic rings. The maximum Gasteiger partial charge on any atom is 0.194 e. The lowest BCUT2D eigenvalue weighted by Gasteiger charge is -2.05. The Morgan fingerprint density at radius 2 is 1.54 bits per heavy atom. The molecule has 0 spiro atoms. The highest BCUT2D eigenvalue weighted by Crippen LogP contribution is 2.08. The van der Waals surface area contributed by atoms with Gasteiger partial charge in [0.25, 0.3) is 0 Å². The first-order chi connectivity index (χ1) is 5.54. The lowest BCUT2D eigenvalue weighted by Crippen LogP contribution is -2.27. The molecule has 1 rings (SSSR count). The molecule has 0 N–H and O–H groups in total. The first-order valence-electron chi connectivity index (χ1n) is 3.67. The summed E-state index contributed by atoms with van der Waals surface area (Å²) in [6.45, 7) is 3.71. The zero-order valence-electron chi connectivity index (χ0n) is 7.27. The largest absolute Gasteiger partial charge is 0.269 e. The van der Waals surface area contributed by atoms with Gasteiger partial charge in [0.1, 0.15) is 0 Å². The van der Waals surface area contributed by atoms with Crippen molar-refractivity contribution in [1.29, 1.82) is 0 Å². The average Bonchev–Trinajstić information content (AvgIpc) is 2.00. The van der Waals surface area contributed by atoms with Crippen molar-refractivity contribution in [3.63, 3.8) is 0 Å². The lowest BCUT2D eigenvalue weighted by molar-refractivity contribution is 0.450. The Bertz CT molecular complexity index is 298. The Hall–Kier alpha value is -0.843. The summed E-state index contributed by atoms with van der Waals surface area (Å²) in [5.74, 6) is -3.49. The molecule has 0 aliphatic heterocycles. The molecular formula is C8H10F4Si. The quantitative estimate of drug-likeness (QED) is 0.377. The number of halogens is 4. The van der Waals surface area contributed by atoms with E-state index in [-0.39, 0.29) is 4.70 Å². The summed E-state index contributed by atoms with van der Waals surface area (Å²) in [7, 11) is -1.40. The summed E-state index contributed by atoms with van der Waals surface area (Å²) in [6, 6.07) is 2.30. The number of benzene rings is 1. The molecule has 0 atom stereocenters. The van der Waals surface area contributed by atoms with Crippen LogP contribution in [-0.2, 0) is 0 Å². The highest BCUT2D eigenvalue weighted by atomic mass is 28.3. The Morgan fingerprint density at radius 3 is 2.00 bits per heavy atom. The van der Waals surface area contributed by atoms with E-state index in [4.69, 9.17) is 0 Å². The number of hydrogen-bond acceptors (Lipinski definition) is 0. The molecule has 0 aliphatic carbocycles. The van der Waals surface area contributed by atoms with Crippen LogP contribution in [0.5, 0.6) is 0 Å². The van der Waals surface area contributed by atoms with Crippen LogP contribution in [0.15, 0.2) is 12.1 Å². The van der Waals surface area contributed by atoms with Gasteiger partial charge in [0.2, 0.25) is 0 Å². The van der Waals surface area contributed by atoms with E-state index in [2.05, 4.69) is 0 Å². The second kappa shape index (κ2) is 4.41. The fraction of sp³-hybridized carbons (Fsp3) is 0.250. The van der Waals surface area contributed by atoms with Crippen molar-refractivity contribution in [2.45, 2.75) is 13.1 Å². The van der Waals surface area contributed by atoms with Gasteiger partial charge in [0.15, 0.2) is 17.5 Å². The molecule has 5 heteroatoms. The summed E-state index contributed by atoms with van der Waals surface area (Å²) in [6.07, 6.45) is 0. The molecule has 1 aromatic carbocycles. The zero-order chi connectivity index (χ0) is 9.30. The molecule has 0 saturated carbocycles. The Morgan fingerprint density at radius 1 is 1.00 bits per heavy atom. The molecular weight excluding hydrogens is 200 g/mol. The van der Waals surface area contributed by atoms with E-state index < -0.39 is 26.2 Å². The van der Waals surface area contributed by atoms with Crippen LogP contribution in [0.2, 0.25) is 13.1 Å². The first kappa shape index (κ1) is 12.2. The molecule has 74 valence electrons. The molecule has 0 saturated heterocycles.